The van der Waals surface area contributed by atoms with Crippen molar-refractivity contribution >= 4 is 5.91 Å². The zero-order valence-corrected chi connectivity index (χ0v) is 18.1. The monoisotopic (exact) mass is 395 g/mol. The molecule has 1 N–H and O–H groups in total. The molecule has 1 aromatic carbocycles. The Morgan fingerprint density at radius 1 is 0.966 bits per heavy atom. The van der Waals surface area contributed by atoms with Crippen LogP contribution in [0.3, 0.4) is 0 Å². The van der Waals surface area contributed by atoms with Gasteiger partial charge in [-0.15, -0.1) is 0 Å². The van der Waals surface area contributed by atoms with E-state index in [4.69, 9.17) is 0 Å². The van der Waals surface area contributed by atoms with Gasteiger partial charge in [-0.2, -0.15) is 0 Å². The van der Waals surface area contributed by atoms with Gasteiger partial charge < -0.3 is 10.2 Å². The molecule has 1 aromatic rings. The Kier molecular flexibility index (Phi) is 5.19. The predicted molar refractivity (Wildman–Crippen MR) is 116 cm³/mol. The fraction of sp³-hybridized carbons (Fsp3) is 0.720. The maximum atomic E-state index is 13.6. The molecule has 0 aromatic heterocycles. The molecule has 158 valence electrons. The van der Waals surface area contributed by atoms with Crippen LogP contribution in [0.15, 0.2) is 30.3 Å². The number of nitrogens with one attached hydrogen (secondary N) is 1. The van der Waals surface area contributed by atoms with Crippen LogP contribution >= 0.6 is 0 Å². The Labute approximate surface area is 176 Å². The first kappa shape index (κ1) is 19.6. The second-order valence-electron chi connectivity index (χ2n) is 10.7. The topological polar surface area (TPSA) is 35.6 Å². The van der Waals surface area contributed by atoms with E-state index >= 15 is 0 Å². The Morgan fingerprint density at radius 2 is 1.52 bits per heavy atom. The highest BCUT2D eigenvalue weighted by Crippen LogP contribution is 2.60. The lowest BCUT2D eigenvalue weighted by molar-refractivity contribution is -0.147. The lowest BCUT2D eigenvalue weighted by atomic mass is 9.49. The van der Waals surface area contributed by atoms with E-state index in [1.54, 1.807) is 0 Å². The molecule has 5 aliphatic rings. The third-order valence-corrected chi connectivity index (χ3v) is 8.42. The number of rotatable bonds is 5. The van der Waals surface area contributed by atoms with Crippen molar-refractivity contribution in [2.45, 2.75) is 57.5 Å². The van der Waals surface area contributed by atoms with Gasteiger partial charge in [-0.1, -0.05) is 30.3 Å². The van der Waals surface area contributed by atoms with Crippen LogP contribution < -0.4 is 5.32 Å². The summed E-state index contributed by atoms with van der Waals surface area (Å²) in [4.78, 5) is 18.6. The quantitative estimate of drug-likeness (QED) is 0.826. The smallest absolute Gasteiger partial charge is 0.226 e. The van der Waals surface area contributed by atoms with Gasteiger partial charge in [0.15, 0.2) is 0 Å². The Bertz CT molecular complexity index is 690. The molecule has 5 fully saturated rings. The van der Waals surface area contributed by atoms with Crippen molar-refractivity contribution in [2.75, 3.05) is 33.2 Å². The SMILES string of the molecule is CC(NC(=O)C12CC3CC(CC(C3)C1)C2)C(c1ccccc1)N1CCN(C)CC1. The van der Waals surface area contributed by atoms with Crippen LogP contribution in [0, 0.1) is 23.2 Å². The summed E-state index contributed by atoms with van der Waals surface area (Å²) in [5.41, 5.74) is 1.27. The number of benzene rings is 1. The Hall–Kier alpha value is -1.39. The lowest BCUT2D eigenvalue weighted by Crippen LogP contribution is -2.57. The largest absolute Gasteiger partial charge is 0.351 e. The molecule has 1 heterocycles. The van der Waals surface area contributed by atoms with Gasteiger partial charge in [-0.3, -0.25) is 9.69 Å². The fourth-order valence-corrected chi connectivity index (χ4v) is 7.39. The van der Waals surface area contributed by atoms with Crippen molar-refractivity contribution in [1.82, 2.24) is 15.1 Å². The number of carbonyl (C=O) groups excluding carboxylic acids is 1. The summed E-state index contributed by atoms with van der Waals surface area (Å²) < 4.78 is 0. The van der Waals surface area contributed by atoms with Gasteiger partial charge in [-0.25, -0.2) is 0 Å². The molecule has 4 saturated carbocycles. The van der Waals surface area contributed by atoms with Gasteiger partial charge in [0, 0.05) is 37.6 Å². The number of hydrogen-bond donors (Lipinski definition) is 1. The molecule has 1 aliphatic heterocycles. The molecule has 4 heteroatoms. The summed E-state index contributed by atoms with van der Waals surface area (Å²) in [6.07, 6.45) is 7.58. The molecular formula is C25H37N3O. The summed E-state index contributed by atoms with van der Waals surface area (Å²) in [6, 6.07) is 11.2. The Morgan fingerprint density at radius 3 is 2.07 bits per heavy atom. The van der Waals surface area contributed by atoms with Crippen LogP contribution in [-0.4, -0.2) is 55.0 Å². The third kappa shape index (κ3) is 3.74. The van der Waals surface area contributed by atoms with Crippen molar-refractivity contribution in [3.05, 3.63) is 35.9 Å². The number of amides is 1. The van der Waals surface area contributed by atoms with Gasteiger partial charge >= 0.3 is 0 Å². The summed E-state index contributed by atoms with van der Waals surface area (Å²) in [5.74, 6) is 2.79. The van der Waals surface area contributed by atoms with Crippen LogP contribution in [0.25, 0.3) is 0 Å². The van der Waals surface area contributed by atoms with E-state index < -0.39 is 0 Å². The zero-order chi connectivity index (χ0) is 20.0. The average molecular weight is 396 g/mol. The molecule has 1 amide bonds. The van der Waals surface area contributed by atoms with Crippen molar-refractivity contribution in [3.8, 4) is 0 Å². The molecule has 0 radical (unpaired) electrons. The van der Waals surface area contributed by atoms with Crippen LogP contribution in [0.2, 0.25) is 0 Å². The number of nitrogens with zero attached hydrogens (tertiary/aromatic N) is 2. The lowest BCUT2D eigenvalue weighted by Gasteiger charge is -2.56. The predicted octanol–water partition coefficient (Wildman–Crippen LogP) is 3.70. The van der Waals surface area contributed by atoms with Crippen molar-refractivity contribution in [3.63, 3.8) is 0 Å². The molecule has 0 spiro atoms. The van der Waals surface area contributed by atoms with Crippen LogP contribution in [0.4, 0.5) is 0 Å². The van der Waals surface area contributed by atoms with Crippen molar-refractivity contribution in [2.24, 2.45) is 23.2 Å². The number of likely N-dealkylation sites (N-methyl/N-ethyl adjacent to an activating group) is 1. The molecule has 4 bridgehead atoms. The third-order valence-electron chi connectivity index (χ3n) is 8.42. The second-order valence-corrected chi connectivity index (χ2v) is 10.7. The Balaban J connectivity index is 1.34. The highest BCUT2D eigenvalue weighted by molar-refractivity contribution is 5.83. The van der Waals surface area contributed by atoms with E-state index in [-0.39, 0.29) is 17.5 Å². The van der Waals surface area contributed by atoms with Gasteiger partial charge in [0.2, 0.25) is 5.91 Å². The molecule has 4 nitrogen and oxygen atoms in total. The van der Waals surface area contributed by atoms with Gasteiger partial charge in [0.05, 0.1) is 6.04 Å². The zero-order valence-electron chi connectivity index (χ0n) is 18.1. The summed E-state index contributed by atoms with van der Waals surface area (Å²) >= 11 is 0. The molecule has 4 aliphatic carbocycles. The van der Waals surface area contributed by atoms with Crippen molar-refractivity contribution in [1.29, 1.82) is 0 Å². The summed E-state index contributed by atoms with van der Waals surface area (Å²) in [6.45, 7) is 6.55. The van der Waals surface area contributed by atoms with Crippen LogP contribution in [-0.2, 0) is 4.79 Å². The standard InChI is InChI=1S/C25H37N3O/c1-18(23(22-6-4-3-5-7-22)28-10-8-27(2)9-11-28)26-24(29)25-15-19-12-20(16-25)14-21(13-19)17-25/h3-7,18-21,23H,8-17H2,1-2H3,(H,26,29). The minimum Gasteiger partial charge on any atom is -0.351 e. The van der Waals surface area contributed by atoms with Crippen LogP contribution in [0.5, 0.6) is 0 Å². The van der Waals surface area contributed by atoms with E-state index in [0.717, 1.165) is 63.2 Å². The number of hydrogen-bond acceptors (Lipinski definition) is 3. The highest BCUT2D eigenvalue weighted by atomic mass is 16.2. The van der Waals surface area contributed by atoms with E-state index in [9.17, 15) is 4.79 Å². The van der Waals surface area contributed by atoms with Crippen molar-refractivity contribution < 1.29 is 4.79 Å². The van der Waals surface area contributed by atoms with E-state index in [1.807, 2.05) is 0 Å². The van der Waals surface area contributed by atoms with Gasteiger partial charge in [0.25, 0.3) is 0 Å². The minimum absolute atomic E-state index is 0.0631. The second kappa shape index (κ2) is 7.70. The molecule has 2 atom stereocenters. The number of piperazine rings is 1. The van der Waals surface area contributed by atoms with Gasteiger partial charge in [-0.05, 0) is 75.8 Å². The average Bonchev–Trinajstić information content (AvgIpc) is 2.69. The molecule has 6 rings (SSSR count). The normalized spacial score (nSPS) is 36.7. The summed E-state index contributed by atoms with van der Waals surface area (Å²) in [5, 5.41) is 3.55. The van der Waals surface area contributed by atoms with E-state index in [2.05, 4.69) is 59.4 Å². The molecule has 1 saturated heterocycles. The minimum atomic E-state index is -0.0631. The first-order chi connectivity index (χ1) is 14.0. The summed E-state index contributed by atoms with van der Waals surface area (Å²) in [7, 11) is 2.20. The highest BCUT2D eigenvalue weighted by Gasteiger charge is 2.54. The maximum Gasteiger partial charge on any atom is 0.226 e. The first-order valence-corrected chi connectivity index (χ1v) is 11.8. The van der Waals surface area contributed by atoms with E-state index in [1.165, 1.54) is 24.8 Å². The molecule has 29 heavy (non-hydrogen) atoms. The number of carbonyl (C=O) groups is 1. The van der Waals surface area contributed by atoms with Gasteiger partial charge in [0.1, 0.15) is 0 Å². The van der Waals surface area contributed by atoms with E-state index in [0.29, 0.717) is 5.91 Å². The molecular weight excluding hydrogens is 358 g/mol. The maximum absolute atomic E-state index is 13.6. The van der Waals surface area contributed by atoms with Crippen LogP contribution in [0.1, 0.15) is 57.1 Å². The fourth-order valence-electron chi connectivity index (χ4n) is 7.39. The molecule has 2 unspecified atom stereocenters. The first-order valence-electron chi connectivity index (χ1n) is 11.8.